The average molecular weight is 617 g/mol. The first-order valence-electron chi connectivity index (χ1n) is 18.2. The van der Waals surface area contributed by atoms with Crippen LogP contribution in [0.5, 0.6) is 0 Å². The fourth-order valence-electron chi connectivity index (χ4n) is 12.6. The van der Waals surface area contributed by atoms with Crippen LogP contribution >= 0.6 is 0 Å². The number of ketones is 1. The van der Waals surface area contributed by atoms with E-state index in [4.69, 9.17) is 4.74 Å². The lowest BCUT2D eigenvalue weighted by atomic mass is 9.33. The molecule has 4 nitrogen and oxygen atoms in total. The van der Waals surface area contributed by atoms with Crippen LogP contribution in [-0.4, -0.2) is 23.6 Å². The molecule has 0 N–H and O–H groups in total. The predicted molar refractivity (Wildman–Crippen MR) is 180 cm³/mol. The van der Waals surface area contributed by atoms with Gasteiger partial charge in [0.05, 0.1) is 11.3 Å². The molecular weight excluding hydrogens is 556 g/mol. The van der Waals surface area contributed by atoms with Crippen molar-refractivity contribution in [2.24, 2.45) is 56.7 Å². The second-order valence-electron chi connectivity index (χ2n) is 18.7. The third-order valence-electron chi connectivity index (χ3n) is 14.8. The number of carbonyl (C=O) groups is 3. The van der Waals surface area contributed by atoms with Gasteiger partial charge in [0.25, 0.3) is 0 Å². The van der Waals surface area contributed by atoms with E-state index in [9.17, 15) is 14.4 Å². The van der Waals surface area contributed by atoms with Crippen molar-refractivity contribution in [1.29, 1.82) is 0 Å². The summed E-state index contributed by atoms with van der Waals surface area (Å²) in [6.45, 7) is 22.9. The third kappa shape index (κ3) is 4.67. The third-order valence-corrected chi connectivity index (χ3v) is 14.8. The SMILES string of the molecule is CC(C)C1=C2[C@H]3CC[C@@H]4[C@@]5(C)CC=C(C6=CCC(C(=O)OC(C)(C)C)CC6)C(C)(C)[C@@H]5CC[C@@]4(C)[C@]3(C)CC[C@@]2(C=O)CC1=O. The van der Waals surface area contributed by atoms with Crippen LogP contribution < -0.4 is 0 Å². The Morgan fingerprint density at radius 2 is 1.64 bits per heavy atom. The Morgan fingerprint density at radius 1 is 0.933 bits per heavy atom. The van der Waals surface area contributed by atoms with Gasteiger partial charge < -0.3 is 9.53 Å². The van der Waals surface area contributed by atoms with Gasteiger partial charge in [-0.25, -0.2) is 0 Å². The fourth-order valence-corrected chi connectivity index (χ4v) is 12.6. The Balaban J connectivity index is 1.30. The van der Waals surface area contributed by atoms with Crippen LogP contribution in [0.15, 0.2) is 34.4 Å². The number of Topliss-reactive ketones (excluding diaryl/α,β-unsaturated/α-hetero) is 1. The number of allylic oxidation sites excluding steroid dienone is 6. The normalized spacial score (nSPS) is 42.6. The van der Waals surface area contributed by atoms with Crippen LogP contribution in [0.1, 0.15) is 140 Å². The van der Waals surface area contributed by atoms with Gasteiger partial charge in [-0.3, -0.25) is 9.59 Å². The molecule has 0 bridgehead atoms. The van der Waals surface area contributed by atoms with Crippen LogP contribution in [0.25, 0.3) is 0 Å². The van der Waals surface area contributed by atoms with E-state index in [2.05, 4.69) is 60.6 Å². The van der Waals surface area contributed by atoms with E-state index in [-0.39, 0.29) is 45.2 Å². The van der Waals surface area contributed by atoms with Crippen molar-refractivity contribution in [2.45, 2.75) is 145 Å². The van der Waals surface area contributed by atoms with Crippen molar-refractivity contribution in [3.05, 3.63) is 34.4 Å². The van der Waals surface area contributed by atoms with E-state index in [1.807, 2.05) is 20.8 Å². The van der Waals surface area contributed by atoms with Crippen molar-refractivity contribution in [3.8, 4) is 0 Å². The summed E-state index contributed by atoms with van der Waals surface area (Å²) >= 11 is 0. The summed E-state index contributed by atoms with van der Waals surface area (Å²) in [4.78, 5) is 39.0. The maximum Gasteiger partial charge on any atom is 0.309 e. The highest BCUT2D eigenvalue weighted by molar-refractivity contribution is 6.03. The molecule has 0 aromatic carbocycles. The largest absolute Gasteiger partial charge is 0.460 e. The number of rotatable bonds is 4. The highest BCUT2D eigenvalue weighted by Gasteiger charge is 2.69. The molecule has 0 amide bonds. The molecule has 3 saturated carbocycles. The van der Waals surface area contributed by atoms with Crippen molar-refractivity contribution in [3.63, 3.8) is 0 Å². The second kappa shape index (κ2) is 10.5. The van der Waals surface area contributed by atoms with Gasteiger partial charge in [0.1, 0.15) is 11.9 Å². The van der Waals surface area contributed by atoms with Crippen LogP contribution in [0, 0.1) is 56.7 Å². The summed E-state index contributed by atoms with van der Waals surface area (Å²) in [5.41, 5.74) is 4.80. The lowest BCUT2D eigenvalue weighted by Crippen LogP contribution is -2.64. The summed E-state index contributed by atoms with van der Waals surface area (Å²) < 4.78 is 5.73. The summed E-state index contributed by atoms with van der Waals surface area (Å²) in [5.74, 6) is 1.87. The molecule has 248 valence electrons. The standard InChI is InChI=1S/C41H60O4/c1-25(2)33-30(43)23-41(24-42)22-21-39(9)29(34(33)41)15-16-32-38(8)19-17-28(37(6,7)31(38)18-20-40(32,39)10)26-11-13-27(14-12-26)35(44)45-36(3,4)5/h11,17,24-25,27,29,31-32H,12-16,18-23H2,1-10H3/t27?,29-,31+,32-,38+,39-,40-,41+/m1/s1. The highest BCUT2D eigenvalue weighted by atomic mass is 16.6. The van der Waals surface area contributed by atoms with Crippen molar-refractivity contribution >= 4 is 18.0 Å². The molecule has 6 aliphatic carbocycles. The van der Waals surface area contributed by atoms with Crippen LogP contribution in [0.4, 0.5) is 0 Å². The molecule has 0 spiro atoms. The highest BCUT2D eigenvalue weighted by Crippen LogP contribution is 2.76. The number of fused-ring (bicyclic) bond motifs is 7. The number of hydrogen-bond acceptors (Lipinski definition) is 4. The van der Waals surface area contributed by atoms with Gasteiger partial charge in [-0.2, -0.15) is 0 Å². The molecule has 3 fully saturated rings. The molecule has 0 heterocycles. The first kappa shape index (κ1) is 33.0. The minimum Gasteiger partial charge on any atom is -0.460 e. The van der Waals surface area contributed by atoms with Gasteiger partial charge >= 0.3 is 5.97 Å². The zero-order chi connectivity index (χ0) is 33.0. The summed E-state index contributed by atoms with van der Waals surface area (Å²) in [7, 11) is 0. The molecule has 8 atom stereocenters. The molecule has 4 heteroatoms. The van der Waals surface area contributed by atoms with Gasteiger partial charge in [-0.05, 0) is 153 Å². The molecule has 0 radical (unpaired) electrons. The van der Waals surface area contributed by atoms with Gasteiger partial charge in [-0.1, -0.05) is 60.6 Å². The number of hydrogen-bond donors (Lipinski definition) is 0. The fraction of sp³-hybridized carbons (Fsp3) is 0.780. The maximum atomic E-state index is 13.4. The molecule has 6 aliphatic rings. The van der Waals surface area contributed by atoms with Crippen LogP contribution in [0.2, 0.25) is 0 Å². The Kier molecular flexibility index (Phi) is 7.70. The molecule has 45 heavy (non-hydrogen) atoms. The molecule has 6 rings (SSSR count). The van der Waals surface area contributed by atoms with Crippen LogP contribution in [0.3, 0.4) is 0 Å². The van der Waals surface area contributed by atoms with Gasteiger partial charge in [0.15, 0.2) is 5.78 Å². The minimum absolute atomic E-state index is 0.0354. The zero-order valence-electron chi connectivity index (χ0n) is 30.0. The second-order valence-corrected chi connectivity index (χ2v) is 18.7. The van der Waals surface area contributed by atoms with E-state index in [0.717, 1.165) is 50.5 Å². The van der Waals surface area contributed by atoms with Gasteiger partial charge in [-0.15, -0.1) is 0 Å². The first-order chi connectivity index (χ1) is 20.8. The molecule has 0 saturated heterocycles. The van der Waals surface area contributed by atoms with Crippen molar-refractivity contribution in [2.75, 3.05) is 0 Å². The average Bonchev–Trinajstić information content (AvgIpc) is 3.25. The smallest absolute Gasteiger partial charge is 0.309 e. The Bertz CT molecular complexity index is 1380. The lowest BCUT2D eigenvalue weighted by Gasteiger charge is -2.71. The quantitative estimate of drug-likeness (QED) is 0.233. The summed E-state index contributed by atoms with van der Waals surface area (Å²) in [5, 5.41) is 0. The number of carbonyl (C=O) groups excluding carboxylic acids is 3. The summed E-state index contributed by atoms with van der Waals surface area (Å²) in [6, 6.07) is 0. The van der Waals surface area contributed by atoms with Crippen molar-refractivity contribution < 1.29 is 19.1 Å². The first-order valence-corrected chi connectivity index (χ1v) is 18.2. The van der Waals surface area contributed by atoms with Crippen LogP contribution in [-0.2, 0) is 19.1 Å². The van der Waals surface area contributed by atoms with Gasteiger partial charge in [0, 0.05) is 6.42 Å². The monoisotopic (exact) mass is 616 g/mol. The maximum absolute atomic E-state index is 13.4. The predicted octanol–water partition coefficient (Wildman–Crippen LogP) is 9.77. The molecule has 0 aromatic rings. The van der Waals surface area contributed by atoms with E-state index in [1.165, 1.54) is 42.3 Å². The minimum atomic E-state index is -0.550. The number of aldehydes is 1. The number of esters is 1. The Labute approximate surface area is 273 Å². The topological polar surface area (TPSA) is 60.4 Å². The molecule has 0 aromatic heterocycles. The Morgan fingerprint density at radius 3 is 2.24 bits per heavy atom. The Hall–Kier alpha value is -1.97. The summed E-state index contributed by atoms with van der Waals surface area (Å²) in [6.07, 6.45) is 16.8. The molecular formula is C41H60O4. The van der Waals surface area contributed by atoms with E-state index in [0.29, 0.717) is 24.2 Å². The molecule has 1 unspecified atom stereocenters. The van der Waals surface area contributed by atoms with Gasteiger partial charge in [0.2, 0.25) is 0 Å². The van der Waals surface area contributed by atoms with E-state index >= 15 is 0 Å². The molecule has 0 aliphatic heterocycles. The lowest BCUT2D eigenvalue weighted by molar-refractivity contribution is -0.198. The van der Waals surface area contributed by atoms with Crippen molar-refractivity contribution in [1.82, 2.24) is 0 Å². The number of ether oxygens (including phenoxy) is 1. The van der Waals surface area contributed by atoms with E-state index < -0.39 is 11.0 Å². The zero-order valence-corrected chi connectivity index (χ0v) is 30.0. The van der Waals surface area contributed by atoms with E-state index in [1.54, 1.807) is 0 Å².